The van der Waals surface area contributed by atoms with Crippen molar-refractivity contribution in [2.24, 2.45) is 0 Å². The molecule has 108 valence electrons. The van der Waals surface area contributed by atoms with Gasteiger partial charge in [0.05, 0.1) is 11.3 Å². The van der Waals surface area contributed by atoms with Gasteiger partial charge in [0.1, 0.15) is 6.54 Å². The average molecular weight is 285 g/mol. The van der Waals surface area contributed by atoms with E-state index in [2.05, 4.69) is 10.2 Å². The minimum atomic E-state index is -0.546. The molecule has 0 aliphatic carbocycles. The predicted molar refractivity (Wildman–Crippen MR) is 75.1 cm³/mol. The van der Waals surface area contributed by atoms with E-state index >= 15 is 0 Å². The minimum absolute atomic E-state index is 0.120. The number of carbonyl (C=O) groups is 2. The van der Waals surface area contributed by atoms with Crippen LogP contribution in [0.2, 0.25) is 0 Å². The number of nitrogens with zero attached hydrogens (tertiary/aromatic N) is 3. The van der Waals surface area contributed by atoms with Gasteiger partial charge in [-0.25, -0.2) is 0 Å². The summed E-state index contributed by atoms with van der Waals surface area (Å²) in [5.74, 6) is -0.174. The Kier molecular flexibility index (Phi) is 3.08. The van der Waals surface area contributed by atoms with Crippen molar-refractivity contribution in [2.75, 3.05) is 4.90 Å². The summed E-state index contributed by atoms with van der Waals surface area (Å²) in [7, 11) is 0. The van der Waals surface area contributed by atoms with Crippen LogP contribution in [0.5, 0.6) is 0 Å². The Morgan fingerprint density at radius 3 is 2.52 bits per heavy atom. The molecule has 0 saturated carbocycles. The van der Waals surface area contributed by atoms with Gasteiger partial charge in [0, 0.05) is 6.42 Å². The molecule has 0 N–H and O–H groups in total. The smallest absolute Gasteiger partial charge is 0.299 e. The third-order valence-electron chi connectivity index (χ3n) is 3.50. The van der Waals surface area contributed by atoms with Crippen LogP contribution in [0.25, 0.3) is 0 Å². The monoisotopic (exact) mass is 285 g/mol. The molecule has 6 nitrogen and oxygen atoms in total. The first-order valence-corrected chi connectivity index (χ1v) is 6.80. The van der Waals surface area contributed by atoms with Gasteiger partial charge in [-0.3, -0.25) is 14.5 Å². The first-order chi connectivity index (χ1) is 10.0. The molecule has 2 aromatic rings. The summed E-state index contributed by atoms with van der Waals surface area (Å²) in [6, 6.07) is 3.69. The Labute approximate surface area is 121 Å². The first kappa shape index (κ1) is 13.5. The zero-order chi connectivity index (χ0) is 15.1. The second kappa shape index (κ2) is 4.80. The fourth-order valence-corrected chi connectivity index (χ4v) is 2.61. The maximum absolute atomic E-state index is 12.2. The highest BCUT2D eigenvalue weighted by Crippen LogP contribution is 2.34. The number of hydrogen-bond donors (Lipinski definition) is 0. The van der Waals surface area contributed by atoms with Crippen LogP contribution < -0.4 is 4.90 Å². The lowest BCUT2D eigenvalue weighted by atomic mass is 10.0. The van der Waals surface area contributed by atoms with Crippen LogP contribution in [0, 0.1) is 13.8 Å². The normalized spacial score (nSPS) is 14.0. The van der Waals surface area contributed by atoms with Crippen molar-refractivity contribution < 1.29 is 14.0 Å². The molecule has 1 aliphatic rings. The topological polar surface area (TPSA) is 76.3 Å². The Bertz CT molecular complexity index is 749. The molecule has 0 fully saturated rings. The molecule has 2 heterocycles. The zero-order valence-electron chi connectivity index (χ0n) is 12.1. The van der Waals surface area contributed by atoms with Gasteiger partial charge >= 0.3 is 0 Å². The van der Waals surface area contributed by atoms with E-state index < -0.39 is 11.7 Å². The number of Topliss-reactive ketones (excluding diaryl/α,β-unsaturated/α-hetero) is 1. The Morgan fingerprint density at radius 2 is 1.86 bits per heavy atom. The largest absolute Gasteiger partial charge is 0.423 e. The lowest BCUT2D eigenvalue weighted by Crippen LogP contribution is -2.29. The van der Waals surface area contributed by atoms with Crippen molar-refractivity contribution in [3.05, 3.63) is 40.6 Å². The van der Waals surface area contributed by atoms with E-state index in [1.54, 1.807) is 6.07 Å². The van der Waals surface area contributed by atoms with Crippen LogP contribution in [0.4, 0.5) is 5.69 Å². The molecule has 1 aromatic carbocycles. The molecule has 1 aliphatic heterocycles. The number of carbonyl (C=O) groups excluding carboxylic acids is 2. The molecule has 0 atom stereocenters. The molecule has 0 bridgehead atoms. The van der Waals surface area contributed by atoms with E-state index in [1.165, 1.54) is 4.90 Å². The van der Waals surface area contributed by atoms with E-state index in [1.807, 2.05) is 26.8 Å². The summed E-state index contributed by atoms with van der Waals surface area (Å²) in [5, 5.41) is 7.78. The van der Waals surface area contributed by atoms with E-state index in [9.17, 15) is 9.59 Å². The van der Waals surface area contributed by atoms with Gasteiger partial charge in [0.2, 0.25) is 11.8 Å². The van der Waals surface area contributed by atoms with Crippen molar-refractivity contribution in [3.8, 4) is 0 Å². The second-order valence-electron chi connectivity index (χ2n) is 5.14. The summed E-state index contributed by atoms with van der Waals surface area (Å²) < 4.78 is 5.43. The van der Waals surface area contributed by atoms with Gasteiger partial charge in [-0.05, 0) is 31.0 Å². The zero-order valence-corrected chi connectivity index (χ0v) is 12.1. The van der Waals surface area contributed by atoms with E-state index in [0.717, 1.165) is 11.1 Å². The highest BCUT2D eigenvalue weighted by Gasteiger charge is 2.37. The predicted octanol–water partition coefficient (Wildman–Crippen LogP) is 1.98. The first-order valence-electron chi connectivity index (χ1n) is 6.80. The average Bonchev–Trinajstić information content (AvgIpc) is 2.98. The van der Waals surface area contributed by atoms with Gasteiger partial charge in [0.25, 0.3) is 11.7 Å². The third kappa shape index (κ3) is 2.12. The van der Waals surface area contributed by atoms with Crippen LogP contribution in [0.3, 0.4) is 0 Å². The highest BCUT2D eigenvalue weighted by atomic mass is 16.4. The Balaban J connectivity index is 2.01. The molecular formula is C15H15N3O3. The summed E-state index contributed by atoms with van der Waals surface area (Å²) in [6.07, 6.45) is 0.634. The standard InChI is InChI=1S/C15H15N3O3/c1-4-11-16-17-12(21-11)7-18-13-9(3)5-8(2)6-10(13)14(19)15(18)20/h5-6H,4,7H2,1-3H3. The summed E-state index contributed by atoms with van der Waals surface area (Å²) in [6.45, 7) is 5.81. The number of aromatic nitrogens is 2. The van der Waals surface area contributed by atoms with E-state index in [-0.39, 0.29) is 6.54 Å². The number of ketones is 1. The molecule has 0 unspecified atom stereocenters. The molecule has 6 heteroatoms. The van der Waals surface area contributed by atoms with Crippen LogP contribution in [-0.2, 0) is 17.8 Å². The molecule has 1 aromatic heterocycles. The van der Waals surface area contributed by atoms with Gasteiger partial charge in [-0.1, -0.05) is 13.0 Å². The van der Waals surface area contributed by atoms with Crippen molar-refractivity contribution >= 4 is 17.4 Å². The van der Waals surface area contributed by atoms with Crippen molar-refractivity contribution in [3.63, 3.8) is 0 Å². The molecule has 0 radical (unpaired) electrons. The number of aryl methyl sites for hydroxylation is 3. The number of amides is 1. The second-order valence-corrected chi connectivity index (χ2v) is 5.14. The third-order valence-corrected chi connectivity index (χ3v) is 3.50. The number of hydrogen-bond acceptors (Lipinski definition) is 5. The molecule has 1 amide bonds. The molecule has 21 heavy (non-hydrogen) atoms. The number of benzene rings is 1. The lowest BCUT2D eigenvalue weighted by Gasteiger charge is -2.16. The fraction of sp³-hybridized carbons (Fsp3) is 0.333. The van der Waals surface area contributed by atoms with Gasteiger partial charge in [0.15, 0.2) is 0 Å². The van der Waals surface area contributed by atoms with Crippen LogP contribution in [-0.4, -0.2) is 21.9 Å². The minimum Gasteiger partial charge on any atom is -0.423 e. The molecular weight excluding hydrogens is 270 g/mol. The van der Waals surface area contributed by atoms with Gasteiger partial charge in [-0.15, -0.1) is 10.2 Å². The number of anilines is 1. The molecule has 0 saturated heterocycles. The van der Waals surface area contributed by atoms with Gasteiger partial charge < -0.3 is 4.42 Å². The maximum atomic E-state index is 12.2. The Hall–Kier alpha value is -2.50. The van der Waals surface area contributed by atoms with Crippen LogP contribution in [0.1, 0.15) is 40.2 Å². The van der Waals surface area contributed by atoms with Crippen LogP contribution in [0.15, 0.2) is 16.5 Å². The summed E-state index contributed by atoms with van der Waals surface area (Å²) >= 11 is 0. The fourth-order valence-electron chi connectivity index (χ4n) is 2.61. The van der Waals surface area contributed by atoms with Crippen molar-refractivity contribution in [1.82, 2.24) is 10.2 Å². The van der Waals surface area contributed by atoms with Crippen molar-refractivity contribution in [2.45, 2.75) is 33.7 Å². The summed E-state index contributed by atoms with van der Waals surface area (Å²) in [4.78, 5) is 25.7. The van der Waals surface area contributed by atoms with Gasteiger partial charge in [-0.2, -0.15) is 0 Å². The number of rotatable bonds is 3. The van der Waals surface area contributed by atoms with Crippen molar-refractivity contribution in [1.29, 1.82) is 0 Å². The Morgan fingerprint density at radius 1 is 1.14 bits per heavy atom. The SMILES string of the molecule is CCc1nnc(CN2C(=O)C(=O)c3cc(C)cc(C)c32)o1. The van der Waals surface area contributed by atoms with E-state index in [0.29, 0.717) is 29.5 Å². The summed E-state index contributed by atoms with van der Waals surface area (Å²) in [5.41, 5.74) is 2.94. The number of fused-ring (bicyclic) bond motifs is 1. The molecule has 0 spiro atoms. The highest BCUT2D eigenvalue weighted by molar-refractivity contribution is 6.52. The quantitative estimate of drug-likeness (QED) is 0.806. The maximum Gasteiger partial charge on any atom is 0.299 e. The van der Waals surface area contributed by atoms with Crippen LogP contribution >= 0.6 is 0 Å². The lowest BCUT2D eigenvalue weighted by molar-refractivity contribution is -0.114. The molecule has 3 rings (SSSR count). The van der Waals surface area contributed by atoms with E-state index in [4.69, 9.17) is 4.42 Å².